The largest absolute Gasteiger partial charge is 0.508 e. The van der Waals surface area contributed by atoms with Crippen LogP contribution in [0.3, 0.4) is 0 Å². The first kappa shape index (κ1) is 14.6. The summed E-state index contributed by atoms with van der Waals surface area (Å²) < 4.78 is 4.86. The number of nitrogens with two attached hydrogens (primary N) is 1. The van der Waals surface area contributed by atoms with Crippen molar-refractivity contribution in [1.29, 1.82) is 0 Å². The number of aromatic nitrogens is 1. The molecule has 0 saturated heterocycles. The van der Waals surface area contributed by atoms with Crippen LogP contribution < -0.4 is 10.6 Å². The van der Waals surface area contributed by atoms with Gasteiger partial charge in [0.1, 0.15) is 12.0 Å². The number of hydrogen-bond acceptors (Lipinski definition) is 6. The summed E-state index contributed by atoms with van der Waals surface area (Å²) in [6, 6.07) is 16.0. The van der Waals surface area contributed by atoms with Crippen molar-refractivity contribution in [2.45, 2.75) is 6.42 Å². The van der Waals surface area contributed by atoms with Gasteiger partial charge in [-0.2, -0.15) is 0 Å². The van der Waals surface area contributed by atoms with Crippen LogP contribution in [-0.4, -0.2) is 16.0 Å². The predicted octanol–water partition coefficient (Wildman–Crippen LogP) is 2.99. The molecule has 6 nitrogen and oxygen atoms in total. The lowest BCUT2D eigenvalue weighted by atomic mass is 10.0. The highest BCUT2D eigenvalue weighted by Crippen LogP contribution is 2.19. The van der Waals surface area contributed by atoms with E-state index in [1.807, 2.05) is 30.3 Å². The van der Waals surface area contributed by atoms with Crippen molar-refractivity contribution >= 4 is 11.5 Å². The Kier molecular flexibility index (Phi) is 4.24. The number of phenols is 1. The number of phenolic OH excluding ortho intramolecular Hbond substituents is 1. The van der Waals surface area contributed by atoms with Gasteiger partial charge in [-0.3, -0.25) is 0 Å². The minimum absolute atomic E-state index is 0.113. The van der Waals surface area contributed by atoms with Crippen LogP contribution in [0.15, 0.2) is 70.5 Å². The van der Waals surface area contributed by atoms with Gasteiger partial charge in [0.2, 0.25) is 0 Å². The molecule has 0 saturated carbocycles. The van der Waals surface area contributed by atoms with Crippen LogP contribution in [0.5, 0.6) is 11.5 Å². The second kappa shape index (κ2) is 6.65. The number of nitrogens with zero attached hydrogens (tertiary/aromatic N) is 2. The second-order valence-electron chi connectivity index (χ2n) is 4.89. The molecule has 0 spiro atoms. The van der Waals surface area contributed by atoms with Gasteiger partial charge in [0.15, 0.2) is 11.6 Å². The van der Waals surface area contributed by atoms with Crippen molar-refractivity contribution in [1.82, 2.24) is 5.16 Å². The molecule has 0 aliphatic rings. The molecule has 0 aliphatic heterocycles. The fraction of sp³-hybridized carbons (Fsp3) is 0.0588. The molecule has 1 aromatic heterocycles. The molecule has 1 heterocycles. The third-order valence-corrected chi connectivity index (χ3v) is 3.22. The van der Waals surface area contributed by atoms with Crippen LogP contribution in [-0.2, 0) is 6.42 Å². The Morgan fingerprint density at radius 3 is 2.70 bits per heavy atom. The summed E-state index contributed by atoms with van der Waals surface area (Å²) in [5, 5.41) is 17.3. The topological polar surface area (TPSA) is 93.9 Å². The van der Waals surface area contributed by atoms with E-state index in [0.29, 0.717) is 23.7 Å². The summed E-state index contributed by atoms with van der Waals surface area (Å²) in [4.78, 5) is 5.43. The molecule has 0 atom stereocenters. The maximum atomic E-state index is 9.47. The number of benzene rings is 2. The summed E-state index contributed by atoms with van der Waals surface area (Å²) >= 11 is 0. The maximum Gasteiger partial charge on any atom is 0.170 e. The molecular weight excluding hydrogens is 294 g/mol. The second-order valence-corrected chi connectivity index (χ2v) is 4.89. The Labute approximate surface area is 132 Å². The molecule has 116 valence electrons. The van der Waals surface area contributed by atoms with Gasteiger partial charge in [-0.05, 0) is 17.7 Å². The maximum absolute atomic E-state index is 9.47. The molecule has 0 unspecified atom stereocenters. The third-order valence-electron chi connectivity index (χ3n) is 3.22. The average Bonchev–Trinajstić information content (AvgIpc) is 2.97. The zero-order chi connectivity index (χ0) is 16.1. The van der Waals surface area contributed by atoms with E-state index in [4.69, 9.17) is 15.1 Å². The molecule has 3 rings (SSSR count). The van der Waals surface area contributed by atoms with Gasteiger partial charge >= 0.3 is 0 Å². The van der Waals surface area contributed by atoms with E-state index in [9.17, 15) is 5.11 Å². The van der Waals surface area contributed by atoms with E-state index in [0.717, 1.165) is 11.1 Å². The number of anilines is 1. The van der Waals surface area contributed by atoms with Gasteiger partial charge in [-0.15, -0.1) is 0 Å². The fourth-order valence-electron chi connectivity index (χ4n) is 2.04. The van der Waals surface area contributed by atoms with E-state index in [1.165, 1.54) is 12.3 Å². The zero-order valence-corrected chi connectivity index (χ0v) is 12.2. The van der Waals surface area contributed by atoms with Crippen molar-refractivity contribution in [3.05, 3.63) is 72.0 Å². The molecule has 0 fully saturated rings. The van der Waals surface area contributed by atoms with Crippen LogP contribution in [0.1, 0.15) is 11.1 Å². The standard InChI is InChI=1S/C17H15N3O3/c18-17-13(11-22-20-17)9-16(12-5-2-1-3-6-12)19-23-15-8-4-7-14(21)10-15/h1-8,10-11,21H,9H2,(H2,18,20)/b19-16+. The van der Waals surface area contributed by atoms with Crippen LogP contribution in [0.4, 0.5) is 5.82 Å². The van der Waals surface area contributed by atoms with Crippen molar-refractivity contribution in [3.8, 4) is 11.5 Å². The monoisotopic (exact) mass is 309 g/mol. The Bertz CT molecular complexity index is 813. The molecule has 0 aliphatic carbocycles. The number of aromatic hydroxyl groups is 1. The Morgan fingerprint density at radius 1 is 1.17 bits per heavy atom. The van der Waals surface area contributed by atoms with E-state index in [-0.39, 0.29) is 5.75 Å². The van der Waals surface area contributed by atoms with Crippen molar-refractivity contribution in [2.24, 2.45) is 5.16 Å². The zero-order valence-electron chi connectivity index (χ0n) is 12.2. The normalized spacial score (nSPS) is 11.4. The smallest absolute Gasteiger partial charge is 0.170 e. The molecule has 0 bridgehead atoms. The molecule has 3 aromatic rings. The van der Waals surface area contributed by atoms with Gasteiger partial charge in [-0.25, -0.2) is 0 Å². The van der Waals surface area contributed by atoms with Gasteiger partial charge in [0.25, 0.3) is 0 Å². The minimum Gasteiger partial charge on any atom is -0.508 e. The summed E-state index contributed by atoms with van der Waals surface area (Å²) in [6.07, 6.45) is 1.90. The molecule has 6 heteroatoms. The van der Waals surface area contributed by atoms with Crippen molar-refractivity contribution < 1.29 is 14.5 Å². The Morgan fingerprint density at radius 2 is 2.00 bits per heavy atom. The summed E-state index contributed by atoms with van der Waals surface area (Å²) in [5.74, 6) is 0.880. The molecule has 3 N–H and O–H groups in total. The number of nitrogen functional groups attached to an aromatic ring is 1. The highest BCUT2D eigenvalue weighted by atomic mass is 16.6. The van der Waals surface area contributed by atoms with Crippen LogP contribution in [0.2, 0.25) is 0 Å². The number of oxime groups is 1. The number of hydrogen-bond donors (Lipinski definition) is 2. The van der Waals surface area contributed by atoms with E-state index >= 15 is 0 Å². The van der Waals surface area contributed by atoms with E-state index in [2.05, 4.69) is 10.3 Å². The lowest BCUT2D eigenvalue weighted by molar-refractivity contribution is 0.338. The Balaban J connectivity index is 1.88. The predicted molar refractivity (Wildman–Crippen MR) is 86.3 cm³/mol. The van der Waals surface area contributed by atoms with Crippen LogP contribution in [0, 0.1) is 0 Å². The molecule has 23 heavy (non-hydrogen) atoms. The average molecular weight is 309 g/mol. The summed E-state index contributed by atoms with van der Waals surface area (Å²) in [7, 11) is 0. The lowest BCUT2D eigenvalue weighted by Crippen LogP contribution is -2.08. The first-order valence-corrected chi connectivity index (χ1v) is 6.99. The third kappa shape index (κ3) is 3.68. The van der Waals surface area contributed by atoms with E-state index < -0.39 is 0 Å². The Hall–Kier alpha value is -3.28. The fourth-order valence-corrected chi connectivity index (χ4v) is 2.04. The summed E-state index contributed by atoms with van der Waals surface area (Å²) in [6.45, 7) is 0. The van der Waals surface area contributed by atoms with Crippen molar-refractivity contribution in [3.63, 3.8) is 0 Å². The molecule has 0 amide bonds. The summed E-state index contributed by atoms with van der Waals surface area (Å²) in [5.41, 5.74) is 8.06. The van der Waals surface area contributed by atoms with Crippen molar-refractivity contribution in [2.75, 3.05) is 5.73 Å². The van der Waals surface area contributed by atoms with Crippen LogP contribution in [0.25, 0.3) is 0 Å². The minimum atomic E-state index is 0.113. The molecule has 0 radical (unpaired) electrons. The lowest BCUT2D eigenvalue weighted by Gasteiger charge is -2.06. The first-order chi connectivity index (χ1) is 11.2. The van der Waals surface area contributed by atoms with Gasteiger partial charge in [0.05, 0.1) is 5.71 Å². The molecular formula is C17H15N3O3. The van der Waals surface area contributed by atoms with Gasteiger partial charge in [0, 0.05) is 18.1 Å². The van der Waals surface area contributed by atoms with Crippen LogP contribution >= 0.6 is 0 Å². The van der Waals surface area contributed by atoms with Gasteiger partial charge < -0.3 is 20.2 Å². The van der Waals surface area contributed by atoms with E-state index in [1.54, 1.807) is 18.2 Å². The molecule has 2 aromatic carbocycles. The number of rotatable bonds is 5. The SMILES string of the molecule is Nc1nocc1C/C(=N\Oc1cccc(O)c1)c1ccccc1. The highest BCUT2D eigenvalue weighted by Gasteiger charge is 2.11. The van der Waals surface area contributed by atoms with Gasteiger partial charge in [-0.1, -0.05) is 46.7 Å². The highest BCUT2D eigenvalue weighted by molar-refractivity contribution is 6.02. The first-order valence-electron chi connectivity index (χ1n) is 6.99. The quantitative estimate of drug-likeness (QED) is 0.558.